The summed E-state index contributed by atoms with van der Waals surface area (Å²) >= 11 is 6.11. The van der Waals surface area contributed by atoms with Crippen LogP contribution < -0.4 is 15.0 Å². The fourth-order valence-corrected chi connectivity index (χ4v) is 4.29. The standard InChI is InChI=1S/C18H24ClN3O2.2ClH/c19-14-1-2-16-15(11-14)22(9-10-24-16)12-17(23)21-7-4-18(5-8-21)3-6-20-13-18;;/h1-2,11,20H,3-10,12-13H2;2*1H. The zero-order chi connectivity index (χ0) is 16.6. The molecule has 5 nitrogen and oxygen atoms in total. The Labute approximate surface area is 172 Å². The van der Waals surface area contributed by atoms with E-state index >= 15 is 0 Å². The molecular weight excluding hydrogens is 397 g/mol. The molecule has 1 aromatic carbocycles. The highest BCUT2D eigenvalue weighted by molar-refractivity contribution is 6.31. The van der Waals surface area contributed by atoms with E-state index in [4.69, 9.17) is 16.3 Å². The fraction of sp³-hybridized carbons (Fsp3) is 0.611. The quantitative estimate of drug-likeness (QED) is 0.796. The molecular formula is C18H26Cl3N3O2. The number of anilines is 1. The molecule has 3 aliphatic heterocycles. The molecule has 0 radical (unpaired) electrons. The number of amides is 1. The Balaban J connectivity index is 0.00000121. The number of ether oxygens (including phenoxy) is 1. The van der Waals surface area contributed by atoms with Crippen molar-refractivity contribution in [3.63, 3.8) is 0 Å². The summed E-state index contributed by atoms with van der Waals surface area (Å²) in [7, 11) is 0. The van der Waals surface area contributed by atoms with E-state index in [-0.39, 0.29) is 30.7 Å². The van der Waals surface area contributed by atoms with E-state index in [2.05, 4.69) is 10.2 Å². The number of carbonyl (C=O) groups is 1. The lowest BCUT2D eigenvalue weighted by atomic mass is 9.78. The fourth-order valence-electron chi connectivity index (χ4n) is 4.13. The molecule has 0 saturated carbocycles. The molecule has 1 spiro atoms. The van der Waals surface area contributed by atoms with Gasteiger partial charge >= 0.3 is 0 Å². The summed E-state index contributed by atoms with van der Waals surface area (Å²) in [4.78, 5) is 16.9. The molecule has 3 heterocycles. The van der Waals surface area contributed by atoms with Crippen LogP contribution in [0.2, 0.25) is 5.02 Å². The van der Waals surface area contributed by atoms with Gasteiger partial charge in [0.1, 0.15) is 12.4 Å². The lowest BCUT2D eigenvalue weighted by Gasteiger charge is -2.40. The number of carbonyl (C=O) groups excluding carboxylic acids is 1. The summed E-state index contributed by atoms with van der Waals surface area (Å²) in [6.07, 6.45) is 3.50. The second-order valence-electron chi connectivity index (χ2n) is 7.19. The van der Waals surface area contributed by atoms with Gasteiger partial charge in [-0.05, 0) is 49.4 Å². The highest BCUT2D eigenvalue weighted by atomic mass is 35.5. The average Bonchev–Trinajstić information content (AvgIpc) is 3.04. The molecule has 2 saturated heterocycles. The van der Waals surface area contributed by atoms with Crippen LogP contribution in [0.1, 0.15) is 19.3 Å². The average molecular weight is 423 g/mol. The Morgan fingerprint density at radius 1 is 1.19 bits per heavy atom. The minimum atomic E-state index is 0. The lowest BCUT2D eigenvalue weighted by molar-refractivity contribution is -0.131. The van der Waals surface area contributed by atoms with Crippen LogP contribution >= 0.6 is 36.4 Å². The number of piperidine rings is 1. The van der Waals surface area contributed by atoms with Crippen LogP contribution in [-0.2, 0) is 4.79 Å². The molecule has 1 amide bonds. The molecule has 4 rings (SSSR count). The summed E-state index contributed by atoms with van der Waals surface area (Å²) in [5.41, 5.74) is 1.37. The third kappa shape index (κ3) is 4.33. The van der Waals surface area contributed by atoms with E-state index in [1.165, 1.54) is 6.42 Å². The highest BCUT2D eigenvalue weighted by Gasteiger charge is 2.38. The van der Waals surface area contributed by atoms with Crippen molar-refractivity contribution in [2.75, 3.05) is 50.8 Å². The van der Waals surface area contributed by atoms with Crippen molar-refractivity contribution in [2.24, 2.45) is 5.41 Å². The predicted molar refractivity (Wildman–Crippen MR) is 109 cm³/mol. The van der Waals surface area contributed by atoms with E-state index in [0.717, 1.165) is 57.0 Å². The van der Waals surface area contributed by atoms with E-state index in [9.17, 15) is 4.79 Å². The third-order valence-electron chi connectivity index (χ3n) is 5.72. The lowest BCUT2D eigenvalue weighted by Crippen LogP contribution is -2.48. The molecule has 0 bridgehead atoms. The molecule has 0 aliphatic carbocycles. The Morgan fingerprint density at radius 3 is 2.65 bits per heavy atom. The van der Waals surface area contributed by atoms with Crippen LogP contribution in [0.4, 0.5) is 5.69 Å². The van der Waals surface area contributed by atoms with Gasteiger partial charge in [0.05, 0.1) is 18.8 Å². The van der Waals surface area contributed by atoms with Crippen molar-refractivity contribution in [3.8, 4) is 5.75 Å². The van der Waals surface area contributed by atoms with E-state index in [0.29, 0.717) is 23.6 Å². The van der Waals surface area contributed by atoms with Gasteiger partial charge in [0.25, 0.3) is 0 Å². The Hall–Kier alpha value is -0.880. The molecule has 26 heavy (non-hydrogen) atoms. The number of rotatable bonds is 2. The van der Waals surface area contributed by atoms with E-state index in [1.807, 2.05) is 23.1 Å². The summed E-state index contributed by atoms with van der Waals surface area (Å²) in [5, 5.41) is 4.14. The van der Waals surface area contributed by atoms with Crippen LogP contribution in [-0.4, -0.2) is 56.7 Å². The number of likely N-dealkylation sites (tertiary alicyclic amines) is 1. The Bertz CT molecular complexity index is 628. The monoisotopic (exact) mass is 421 g/mol. The van der Waals surface area contributed by atoms with E-state index < -0.39 is 0 Å². The number of nitrogens with zero attached hydrogens (tertiary/aromatic N) is 2. The molecule has 3 aliphatic rings. The number of nitrogens with one attached hydrogen (secondary N) is 1. The van der Waals surface area contributed by atoms with Gasteiger partial charge in [-0.2, -0.15) is 0 Å². The van der Waals surface area contributed by atoms with Crippen LogP contribution in [0.25, 0.3) is 0 Å². The maximum Gasteiger partial charge on any atom is 0.242 e. The van der Waals surface area contributed by atoms with Crippen LogP contribution in [0.5, 0.6) is 5.75 Å². The van der Waals surface area contributed by atoms with Gasteiger partial charge in [0, 0.05) is 24.7 Å². The second-order valence-corrected chi connectivity index (χ2v) is 7.63. The van der Waals surface area contributed by atoms with Gasteiger partial charge in [-0.1, -0.05) is 11.6 Å². The summed E-state index contributed by atoms with van der Waals surface area (Å²) in [6.45, 7) is 5.74. The number of halogens is 3. The third-order valence-corrected chi connectivity index (χ3v) is 5.95. The van der Waals surface area contributed by atoms with Gasteiger partial charge in [-0.15, -0.1) is 24.8 Å². The summed E-state index contributed by atoms with van der Waals surface area (Å²) in [6, 6.07) is 5.59. The molecule has 2 fully saturated rings. The Kier molecular flexibility index (Phi) is 7.31. The molecule has 1 N–H and O–H groups in total. The van der Waals surface area contributed by atoms with Crippen molar-refractivity contribution in [2.45, 2.75) is 19.3 Å². The maximum atomic E-state index is 12.8. The minimum Gasteiger partial charge on any atom is -0.490 e. The zero-order valence-electron chi connectivity index (χ0n) is 14.7. The second kappa shape index (κ2) is 8.87. The topological polar surface area (TPSA) is 44.8 Å². The van der Waals surface area contributed by atoms with Crippen molar-refractivity contribution in [1.82, 2.24) is 10.2 Å². The Morgan fingerprint density at radius 2 is 1.96 bits per heavy atom. The number of hydrogen-bond donors (Lipinski definition) is 1. The zero-order valence-corrected chi connectivity index (χ0v) is 17.1. The highest BCUT2D eigenvalue weighted by Crippen LogP contribution is 2.37. The number of benzene rings is 1. The number of fused-ring (bicyclic) bond motifs is 1. The SMILES string of the molecule is Cl.Cl.O=C(CN1CCOc2ccc(Cl)cc21)N1CCC2(CCNC2)CC1. The smallest absolute Gasteiger partial charge is 0.242 e. The first-order chi connectivity index (χ1) is 11.7. The van der Waals surface area contributed by atoms with Crippen LogP contribution in [0.15, 0.2) is 18.2 Å². The van der Waals surface area contributed by atoms with Gasteiger partial charge in [-0.3, -0.25) is 4.79 Å². The van der Waals surface area contributed by atoms with Crippen LogP contribution in [0.3, 0.4) is 0 Å². The molecule has 0 aromatic heterocycles. The van der Waals surface area contributed by atoms with Gasteiger partial charge in [0.15, 0.2) is 0 Å². The molecule has 8 heteroatoms. The van der Waals surface area contributed by atoms with Gasteiger partial charge in [-0.25, -0.2) is 0 Å². The summed E-state index contributed by atoms with van der Waals surface area (Å²) < 4.78 is 5.67. The van der Waals surface area contributed by atoms with Gasteiger partial charge in [0.2, 0.25) is 5.91 Å². The molecule has 146 valence electrons. The largest absolute Gasteiger partial charge is 0.490 e. The normalized spacial score (nSPS) is 20.7. The molecule has 0 unspecified atom stereocenters. The van der Waals surface area contributed by atoms with Crippen molar-refractivity contribution < 1.29 is 9.53 Å². The first kappa shape index (κ1) is 21.4. The predicted octanol–water partition coefficient (Wildman–Crippen LogP) is 2.98. The van der Waals surface area contributed by atoms with Crippen molar-refractivity contribution in [3.05, 3.63) is 23.2 Å². The summed E-state index contributed by atoms with van der Waals surface area (Å²) in [5.74, 6) is 1.02. The van der Waals surface area contributed by atoms with Crippen molar-refractivity contribution in [1.29, 1.82) is 0 Å². The first-order valence-corrected chi connectivity index (χ1v) is 9.19. The van der Waals surface area contributed by atoms with E-state index in [1.54, 1.807) is 0 Å². The maximum absolute atomic E-state index is 12.8. The number of hydrogen-bond acceptors (Lipinski definition) is 4. The molecule has 0 atom stereocenters. The van der Waals surface area contributed by atoms with Crippen molar-refractivity contribution >= 4 is 48.0 Å². The molecule has 1 aromatic rings. The minimum absolute atomic E-state index is 0. The first-order valence-electron chi connectivity index (χ1n) is 8.81. The van der Waals surface area contributed by atoms with Crippen LogP contribution in [0, 0.1) is 5.41 Å². The van der Waals surface area contributed by atoms with Gasteiger partial charge < -0.3 is 19.9 Å².